The maximum Gasteiger partial charge on any atom is 0.237 e. The fourth-order valence-corrected chi connectivity index (χ4v) is 6.30. The van der Waals surface area contributed by atoms with Crippen molar-refractivity contribution in [2.24, 2.45) is 0 Å². The molecule has 0 saturated heterocycles. The number of hydrogen-bond acceptors (Lipinski definition) is 7. The molecule has 0 atom stereocenters. The molecule has 1 saturated carbocycles. The van der Waals surface area contributed by atoms with Crippen LogP contribution in [0.5, 0.6) is 0 Å². The van der Waals surface area contributed by atoms with Crippen molar-refractivity contribution < 1.29 is 9.59 Å². The summed E-state index contributed by atoms with van der Waals surface area (Å²) in [6.07, 6.45) is 3.84. The van der Waals surface area contributed by atoms with Gasteiger partial charge < -0.3 is 5.32 Å². The molecule has 0 aliphatic heterocycles. The van der Waals surface area contributed by atoms with E-state index in [1.54, 1.807) is 11.3 Å². The van der Waals surface area contributed by atoms with Crippen LogP contribution in [0.1, 0.15) is 41.7 Å². The largest absolute Gasteiger partial charge is 0.351 e. The lowest BCUT2D eigenvalue weighted by Crippen LogP contribution is -2.37. The van der Waals surface area contributed by atoms with Gasteiger partial charge >= 0.3 is 0 Å². The van der Waals surface area contributed by atoms with Gasteiger partial charge in [0, 0.05) is 11.4 Å². The molecule has 2 aromatic heterocycles. The van der Waals surface area contributed by atoms with Crippen molar-refractivity contribution in [2.45, 2.75) is 48.9 Å². The second-order valence-electron chi connectivity index (χ2n) is 7.64. The number of thiophene rings is 1. The Morgan fingerprint density at radius 1 is 1.13 bits per heavy atom. The molecule has 0 radical (unpaired) electrons. The highest BCUT2D eigenvalue weighted by Crippen LogP contribution is 2.44. The lowest BCUT2D eigenvalue weighted by Gasteiger charge is -2.25. The van der Waals surface area contributed by atoms with Gasteiger partial charge in [0.1, 0.15) is 0 Å². The molecular weight excluding hydrogens is 448 g/mol. The van der Waals surface area contributed by atoms with Crippen molar-refractivity contribution >= 4 is 51.4 Å². The van der Waals surface area contributed by atoms with Crippen LogP contribution in [0.4, 0.5) is 5.13 Å². The molecule has 3 aromatic rings. The first-order chi connectivity index (χ1) is 15.0. The van der Waals surface area contributed by atoms with Crippen molar-refractivity contribution in [3.05, 3.63) is 57.8 Å². The molecule has 6 nitrogen and oxygen atoms in total. The summed E-state index contributed by atoms with van der Waals surface area (Å²) in [6.45, 7) is 2.54. The SMILES string of the molecule is Cc1ccc(CNC(=O)CSc2nnc(NC(=O)C3(c4cccs4)CCCC3)s2)cc1. The Hall–Kier alpha value is -2.23. The maximum absolute atomic E-state index is 13.1. The van der Waals surface area contributed by atoms with Crippen LogP contribution >= 0.6 is 34.4 Å². The number of benzene rings is 1. The number of amides is 2. The molecule has 2 amide bonds. The topological polar surface area (TPSA) is 84.0 Å². The number of carbonyl (C=O) groups excluding carboxylic acids is 2. The van der Waals surface area contributed by atoms with Gasteiger partial charge in [0.25, 0.3) is 0 Å². The Morgan fingerprint density at radius 3 is 2.61 bits per heavy atom. The number of carbonyl (C=O) groups is 2. The minimum absolute atomic E-state index is 0.00371. The van der Waals surface area contributed by atoms with Crippen molar-refractivity contribution in [1.29, 1.82) is 0 Å². The van der Waals surface area contributed by atoms with Gasteiger partial charge in [-0.3, -0.25) is 14.9 Å². The third kappa shape index (κ3) is 5.34. The number of aryl methyl sites for hydroxylation is 1. The summed E-state index contributed by atoms with van der Waals surface area (Å²) in [5.41, 5.74) is 1.80. The quantitative estimate of drug-likeness (QED) is 0.365. The molecule has 1 fully saturated rings. The summed E-state index contributed by atoms with van der Waals surface area (Å²) in [7, 11) is 0. The summed E-state index contributed by atoms with van der Waals surface area (Å²) in [4.78, 5) is 26.4. The summed E-state index contributed by atoms with van der Waals surface area (Å²) >= 11 is 4.27. The van der Waals surface area contributed by atoms with Crippen LogP contribution in [0.3, 0.4) is 0 Å². The Labute approximate surface area is 193 Å². The molecule has 31 heavy (non-hydrogen) atoms. The summed E-state index contributed by atoms with van der Waals surface area (Å²) in [6, 6.07) is 12.1. The normalized spacial score (nSPS) is 15.0. The molecule has 0 unspecified atom stereocenters. The zero-order valence-corrected chi connectivity index (χ0v) is 19.7. The number of anilines is 1. The van der Waals surface area contributed by atoms with Crippen molar-refractivity contribution in [2.75, 3.05) is 11.1 Å². The predicted molar refractivity (Wildman–Crippen MR) is 127 cm³/mol. The number of nitrogens with zero attached hydrogens (tertiary/aromatic N) is 2. The summed E-state index contributed by atoms with van der Waals surface area (Å²) < 4.78 is 0.664. The molecule has 0 bridgehead atoms. The van der Waals surface area contributed by atoms with Gasteiger partial charge in [-0.2, -0.15) is 0 Å². The number of hydrogen-bond donors (Lipinski definition) is 2. The van der Waals surface area contributed by atoms with Crippen LogP contribution in [0, 0.1) is 6.92 Å². The molecule has 4 rings (SSSR count). The zero-order chi connectivity index (χ0) is 21.7. The van der Waals surface area contributed by atoms with E-state index in [-0.39, 0.29) is 17.6 Å². The van der Waals surface area contributed by atoms with Crippen LogP contribution < -0.4 is 10.6 Å². The Kier molecular flexibility index (Phi) is 7.04. The van der Waals surface area contributed by atoms with E-state index in [2.05, 4.69) is 20.8 Å². The van der Waals surface area contributed by atoms with Crippen molar-refractivity contribution in [3.63, 3.8) is 0 Å². The second kappa shape index (κ2) is 9.93. The zero-order valence-electron chi connectivity index (χ0n) is 17.2. The lowest BCUT2D eigenvalue weighted by molar-refractivity contribution is -0.121. The van der Waals surface area contributed by atoms with E-state index < -0.39 is 5.41 Å². The third-order valence-electron chi connectivity index (χ3n) is 5.45. The molecule has 0 spiro atoms. The minimum atomic E-state index is -0.455. The average Bonchev–Trinajstić information content (AvgIpc) is 3.53. The van der Waals surface area contributed by atoms with Gasteiger partial charge in [-0.1, -0.05) is 71.8 Å². The lowest BCUT2D eigenvalue weighted by atomic mass is 9.83. The van der Waals surface area contributed by atoms with E-state index in [4.69, 9.17) is 0 Å². The van der Waals surface area contributed by atoms with Gasteiger partial charge in [0.2, 0.25) is 16.9 Å². The molecule has 1 aromatic carbocycles. The van der Waals surface area contributed by atoms with Crippen LogP contribution in [-0.4, -0.2) is 27.8 Å². The Bertz CT molecular complexity index is 1030. The predicted octanol–water partition coefficient (Wildman–Crippen LogP) is 4.77. The first-order valence-corrected chi connectivity index (χ1v) is 12.9. The van der Waals surface area contributed by atoms with Crippen LogP contribution in [0.25, 0.3) is 0 Å². The summed E-state index contributed by atoms with van der Waals surface area (Å²) in [5, 5.41) is 16.6. The standard InChI is InChI=1S/C22H24N4O2S3/c1-15-6-8-16(9-7-15)13-23-18(27)14-30-21-26-25-20(31-21)24-19(28)22(10-2-3-11-22)17-5-4-12-29-17/h4-9,12H,2-3,10-11,13-14H2,1H3,(H,23,27)(H,24,25,28). The highest BCUT2D eigenvalue weighted by Gasteiger charge is 2.43. The molecule has 2 heterocycles. The van der Waals surface area contributed by atoms with Crippen molar-refractivity contribution in [3.8, 4) is 0 Å². The third-order valence-corrected chi connectivity index (χ3v) is 8.49. The molecule has 1 aliphatic carbocycles. The van der Waals surface area contributed by atoms with Gasteiger partial charge in [0.15, 0.2) is 4.34 Å². The monoisotopic (exact) mass is 472 g/mol. The van der Waals surface area contributed by atoms with E-state index in [0.717, 1.165) is 36.1 Å². The Balaban J connectivity index is 1.28. The molecule has 1 aliphatic rings. The molecular formula is C22H24N4O2S3. The molecule has 162 valence electrons. The van der Waals surface area contributed by atoms with Crippen LogP contribution in [-0.2, 0) is 21.5 Å². The van der Waals surface area contributed by atoms with Crippen molar-refractivity contribution in [1.82, 2.24) is 15.5 Å². The first-order valence-electron chi connectivity index (χ1n) is 10.2. The van der Waals surface area contributed by atoms with E-state index in [9.17, 15) is 9.59 Å². The maximum atomic E-state index is 13.1. The number of nitrogens with one attached hydrogen (secondary N) is 2. The smallest absolute Gasteiger partial charge is 0.237 e. The minimum Gasteiger partial charge on any atom is -0.351 e. The fraction of sp³-hybridized carbons (Fsp3) is 0.364. The van der Waals surface area contributed by atoms with E-state index >= 15 is 0 Å². The van der Waals surface area contributed by atoms with Gasteiger partial charge in [-0.25, -0.2) is 0 Å². The highest BCUT2D eigenvalue weighted by molar-refractivity contribution is 8.01. The molecule has 2 N–H and O–H groups in total. The Morgan fingerprint density at radius 2 is 1.90 bits per heavy atom. The fourth-order valence-electron chi connectivity index (χ4n) is 3.74. The van der Waals surface area contributed by atoms with Crippen LogP contribution in [0.2, 0.25) is 0 Å². The van der Waals surface area contributed by atoms with Gasteiger partial charge in [-0.15, -0.1) is 21.5 Å². The number of aromatic nitrogens is 2. The average molecular weight is 473 g/mol. The first kappa shape index (κ1) is 22.0. The van der Waals surface area contributed by atoms with E-state index in [0.29, 0.717) is 16.0 Å². The van der Waals surface area contributed by atoms with Gasteiger partial charge in [-0.05, 0) is 36.8 Å². The van der Waals surface area contributed by atoms with E-state index in [1.807, 2.05) is 48.7 Å². The highest BCUT2D eigenvalue weighted by atomic mass is 32.2. The van der Waals surface area contributed by atoms with E-state index in [1.165, 1.54) is 28.7 Å². The second-order valence-corrected chi connectivity index (χ2v) is 10.8. The number of thioether (sulfide) groups is 1. The van der Waals surface area contributed by atoms with Crippen LogP contribution in [0.15, 0.2) is 46.1 Å². The van der Waals surface area contributed by atoms with Gasteiger partial charge in [0.05, 0.1) is 11.2 Å². The number of rotatable bonds is 8. The molecule has 9 heteroatoms. The summed E-state index contributed by atoms with van der Waals surface area (Å²) in [5.74, 6) is 0.193.